The Hall–Kier alpha value is -5.32. The fraction of sp³-hybridized carbons (Fsp3) is 0.265. The van der Waals surface area contributed by atoms with E-state index in [1.54, 1.807) is 53.8 Å². The largest absolute Gasteiger partial charge is 0.444 e. The smallest absolute Gasteiger partial charge is 0.410 e. The van der Waals surface area contributed by atoms with Gasteiger partial charge in [-0.25, -0.2) is 19.2 Å². The van der Waals surface area contributed by atoms with Gasteiger partial charge in [-0.1, -0.05) is 48.5 Å². The van der Waals surface area contributed by atoms with E-state index >= 15 is 4.39 Å². The summed E-state index contributed by atoms with van der Waals surface area (Å²) in [5.41, 5.74) is 1.27. The Bertz CT molecular complexity index is 1800. The number of ether oxygens (including phenoxy) is 1. The van der Waals surface area contributed by atoms with E-state index in [0.29, 0.717) is 54.1 Å². The number of fused-ring (bicyclic) bond motifs is 1. The lowest BCUT2D eigenvalue weighted by Gasteiger charge is -2.36. The summed E-state index contributed by atoms with van der Waals surface area (Å²) >= 11 is 0. The average Bonchev–Trinajstić information content (AvgIpc) is 3.46. The Morgan fingerprint density at radius 1 is 0.911 bits per heavy atom. The van der Waals surface area contributed by atoms with E-state index in [-0.39, 0.29) is 17.5 Å². The highest BCUT2D eigenvalue weighted by atomic mass is 19.1. The molecule has 45 heavy (non-hydrogen) atoms. The molecule has 6 rings (SSSR count). The van der Waals surface area contributed by atoms with Gasteiger partial charge in [0.25, 0.3) is 5.91 Å². The topological polar surface area (TPSA) is 105 Å². The first-order valence-corrected chi connectivity index (χ1v) is 14.8. The standard InChI is InChI=1S/C34H34FN7O3/c1-34(2,3)45-33(44)41-19-17-40(18-20-41)28-15-13-24(21-37-28)26-14-12-25-22-42(39-30(25)29(26)35)31(23-9-5-4-6-10-23)32(43)38-27-11-7-8-16-36-27/h4-16,21-22,31H,17-20H2,1-3H3,(H,36,38,43). The van der Waals surface area contributed by atoms with E-state index in [9.17, 15) is 9.59 Å². The Balaban J connectivity index is 1.22. The number of carbonyl (C=O) groups is 2. The van der Waals surface area contributed by atoms with Crippen LogP contribution in [-0.2, 0) is 9.53 Å². The van der Waals surface area contributed by atoms with Gasteiger partial charge in [0.2, 0.25) is 0 Å². The van der Waals surface area contributed by atoms with Gasteiger partial charge in [0, 0.05) is 61.3 Å². The van der Waals surface area contributed by atoms with Crippen molar-refractivity contribution in [1.82, 2.24) is 24.6 Å². The van der Waals surface area contributed by atoms with Gasteiger partial charge in [0.05, 0.1) is 0 Å². The van der Waals surface area contributed by atoms with Crippen LogP contribution in [-0.4, -0.2) is 68.4 Å². The maximum atomic E-state index is 16.0. The van der Waals surface area contributed by atoms with Crippen LogP contribution >= 0.6 is 0 Å². The summed E-state index contributed by atoms with van der Waals surface area (Å²) in [7, 11) is 0. The van der Waals surface area contributed by atoms with E-state index in [1.165, 1.54) is 4.68 Å². The lowest BCUT2D eigenvalue weighted by Crippen LogP contribution is -2.50. The predicted molar refractivity (Wildman–Crippen MR) is 170 cm³/mol. The number of hydrogen-bond acceptors (Lipinski definition) is 7. The average molecular weight is 608 g/mol. The minimum absolute atomic E-state index is 0.154. The van der Waals surface area contributed by atoms with Crippen molar-refractivity contribution in [3.05, 3.63) is 103 Å². The zero-order chi connectivity index (χ0) is 31.6. The molecule has 5 aromatic rings. The van der Waals surface area contributed by atoms with Gasteiger partial charge in [-0.05, 0) is 50.6 Å². The van der Waals surface area contributed by atoms with Crippen molar-refractivity contribution in [2.75, 3.05) is 36.4 Å². The fourth-order valence-corrected chi connectivity index (χ4v) is 5.30. The van der Waals surface area contributed by atoms with Crippen LogP contribution in [0.2, 0.25) is 0 Å². The van der Waals surface area contributed by atoms with Gasteiger partial charge >= 0.3 is 6.09 Å². The van der Waals surface area contributed by atoms with Crippen molar-refractivity contribution >= 4 is 34.5 Å². The highest BCUT2D eigenvalue weighted by molar-refractivity contribution is 5.95. The van der Waals surface area contributed by atoms with Crippen LogP contribution < -0.4 is 10.2 Å². The first-order chi connectivity index (χ1) is 21.7. The molecule has 1 aliphatic rings. The maximum absolute atomic E-state index is 16.0. The molecule has 0 spiro atoms. The van der Waals surface area contributed by atoms with Crippen molar-refractivity contribution < 1.29 is 18.7 Å². The lowest BCUT2D eigenvalue weighted by atomic mass is 10.1. The molecule has 2 amide bonds. The summed E-state index contributed by atoms with van der Waals surface area (Å²) in [5.74, 6) is 0.316. The van der Waals surface area contributed by atoms with Crippen molar-refractivity contribution in [1.29, 1.82) is 0 Å². The molecule has 1 aliphatic heterocycles. The summed E-state index contributed by atoms with van der Waals surface area (Å²) in [6.45, 7) is 7.82. The second-order valence-corrected chi connectivity index (χ2v) is 11.9. The summed E-state index contributed by atoms with van der Waals surface area (Å²) in [6.07, 6.45) is 4.60. The molecule has 0 radical (unpaired) electrons. The summed E-state index contributed by atoms with van der Waals surface area (Å²) in [6, 6.07) is 20.8. The molecule has 1 unspecified atom stereocenters. The van der Waals surface area contributed by atoms with Crippen LogP contribution in [0.3, 0.4) is 0 Å². The number of benzene rings is 2. The third kappa shape index (κ3) is 6.62. The molecule has 3 aromatic heterocycles. The van der Waals surface area contributed by atoms with Crippen LogP contribution in [0.5, 0.6) is 0 Å². The van der Waals surface area contributed by atoms with Crippen LogP contribution in [0.25, 0.3) is 22.0 Å². The van der Waals surface area contributed by atoms with Crippen LogP contribution in [0, 0.1) is 5.82 Å². The number of pyridine rings is 2. The van der Waals surface area contributed by atoms with Crippen LogP contribution in [0.15, 0.2) is 91.4 Å². The Morgan fingerprint density at radius 3 is 2.33 bits per heavy atom. The highest BCUT2D eigenvalue weighted by Gasteiger charge is 2.27. The molecule has 4 heterocycles. The number of halogens is 1. The maximum Gasteiger partial charge on any atom is 0.410 e. The lowest BCUT2D eigenvalue weighted by molar-refractivity contribution is -0.118. The molecule has 11 heteroatoms. The van der Waals surface area contributed by atoms with Crippen LogP contribution in [0.4, 0.5) is 20.8 Å². The SMILES string of the molecule is CC(C)(C)OC(=O)N1CCN(c2ccc(-c3ccc4cn(C(C(=O)Nc5ccccn5)c5ccccc5)nc4c3F)cn2)CC1. The third-order valence-corrected chi connectivity index (χ3v) is 7.49. The first kappa shape index (κ1) is 29.7. The molecule has 1 fully saturated rings. The van der Waals surface area contributed by atoms with Gasteiger partial charge in [-0.15, -0.1) is 0 Å². The van der Waals surface area contributed by atoms with Crippen molar-refractivity contribution in [3.63, 3.8) is 0 Å². The third-order valence-electron chi connectivity index (χ3n) is 7.49. The minimum atomic E-state index is -0.847. The van der Waals surface area contributed by atoms with Crippen molar-refractivity contribution in [2.24, 2.45) is 0 Å². The molecule has 1 N–H and O–H groups in total. The zero-order valence-electron chi connectivity index (χ0n) is 25.4. The van der Waals surface area contributed by atoms with Gasteiger partial charge in [0.1, 0.15) is 22.8 Å². The quantitative estimate of drug-likeness (QED) is 0.256. The van der Waals surface area contributed by atoms with E-state index in [4.69, 9.17) is 4.74 Å². The van der Waals surface area contributed by atoms with E-state index in [1.807, 2.05) is 63.2 Å². The van der Waals surface area contributed by atoms with Crippen LogP contribution in [0.1, 0.15) is 32.4 Å². The van der Waals surface area contributed by atoms with Gasteiger partial charge < -0.3 is 19.9 Å². The molecule has 2 aromatic carbocycles. The molecule has 1 saturated heterocycles. The number of anilines is 2. The molecule has 0 aliphatic carbocycles. The van der Waals surface area contributed by atoms with Gasteiger partial charge in [0.15, 0.2) is 11.9 Å². The van der Waals surface area contributed by atoms with Crippen molar-refractivity contribution in [3.8, 4) is 11.1 Å². The predicted octanol–water partition coefficient (Wildman–Crippen LogP) is 5.92. The van der Waals surface area contributed by atoms with E-state index < -0.39 is 17.5 Å². The molecule has 0 bridgehead atoms. The summed E-state index contributed by atoms with van der Waals surface area (Å²) in [5, 5.41) is 7.97. The Morgan fingerprint density at radius 2 is 1.67 bits per heavy atom. The molecule has 10 nitrogen and oxygen atoms in total. The highest BCUT2D eigenvalue weighted by Crippen LogP contribution is 2.31. The molecule has 230 valence electrons. The summed E-state index contributed by atoms with van der Waals surface area (Å²) in [4.78, 5) is 38.5. The number of amides is 2. The number of aromatic nitrogens is 4. The molecular formula is C34H34FN7O3. The fourth-order valence-electron chi connectivity index (χ4n) is 5.30. The Kier molecular flexibility index (Phi) is 8.16. The van der Waals surface area contributed by atoms with E-state index in [2.05, 4.69) is 25.3 Å². The van der Waals surface area contributed by atoms with Crippen molar-refractivity contribution in [2.45, 2.75) is 32.4 Å². The number of nitrogens with one attached hydrogen (secondary N) is 1. The summed E-state index contributed by atoms with van der Waals surface area (Å²) < 4.78 is 23.0. The number of carbonyl (C=O) groups excluding carboxylic acids is 2. The monoisotopic (exact) mass is 607 g/mol. The second-order valence-electron chi connectivity index (χ2n) is 11.9. The minimum Gasteiger partial charge on any atom is -0.444 e. The molecule has 1 atom stereocenters. The molecule has 0 saturated carbocycles. The number of hydrogen-bond donors (Lipinski definition) is 1. The number of rotatable bonds is 6. The number of piperazine rings is 1. The second kappa shape index (κ2) is 12.4. The first-order valence-electron chi connectivity index (χ1n) is 14.8. The molecular weight excluding hydrogens is 573 g/mol. The zero-order valence-corrected chi connectivity index (χ0v) is 25.4. The Labute approximate surface area is 260 Å². The van der Waals surface area contributed by atoms with E-state index in [0.717, 1.165) is 5.82 Å². The van der Waals surface area contributed by atoms with Gasteiger partial charge in [-0.2, -0.15) is 5.10 Å². The van der Waals surface area contributed by atoms with Gasteiger partial charge in [-0.3, -0.25) is 9.48 Å². The number of nitrogens with zero attached hydrogens (tertiary/aromatic N) is 6. The normalized spacial score (nSPS) is 14.3.